The van der Waals surface area contributed by atoms with Crippen LogP contribution < -0.4 is 4.90 Å². The molecule has 12 heteroatoms. The Balaban J connectivity index is 1.46. The zero-order valence-electron chi connectivity index (χ0n) is 18.0. The number of aromatic nitrogens is 4. The summed E-state index contributed by atoms with van der Waals surface area (Å²) >= 11 is 0. The number of aryl methyl sites for hydroxylation is 1. The number of non-ortho nitro benzene ring substituents is 1. The number of hydrogen-bond acceptors (Lipinski definition) is 8. The molecule has 2 aromatic heterocycles. The lowest BCUT2D eigenvalue weighted by atomic mass is 10.2. The van der Waals surface area contributed by atoms with Crippen molar-refractivity contribution >= 4 is 21.5 Å². The fourth-order valence-corrected chi connectivity index (χ4v) is 5.07. The molecular formula is C20H23N7O4S. The number of nitrogens with zero attached hydrogens (tertiary/aromatic N) is 7. The van der Waals surface area contributed by atoms with Crippen LogP contribution in [0.3, 0.4) is 0 Å². The summed E-state index contributed by atoms with van der Waals surface area (Å²) in [5.41, 5.74) is 2.80. The van der Waals surface area contributed by atoms with Gasteiger partial charge in [-0.15, -0.1) is 10.2 Å². The number of hydrogen-bond donors (Lipinski definition) is 0. The molecule has 1 saturated heterocycles. The molecule has 0 N–H and O–H groups in total. The molecule has 0 unspecified atom stereocenters. The molecule has 11 nitrogen and oxygen atoms in total. The van der Waals surface area contributed by atoms with Gasteiger partial charge in [0.1, 0.15) is 0 Å². The maximum atomic E-state index is 12.9. The summed E-state index contributed by atoms with van der Waals surface area (Å²) in [6, 6.07) is 8.80. The van der Waals surface area contributed by atoms with E-state index in [4.69, 9.17) is 0 Å². The summed E-state index contributed by atoms with van der Waals surface area (Å²) in [5, 5.41) is 24.1. The first-order valence-corrected chi connectivity index (χ1v) is 11.5. The van der Waals surface area contributed by atoms with E-state index in [9.17, 15) is 18.5 Å². The van der Waals surface area contributed by atoms with Gasteiger partial charge in [-0.3, -0.25) is 10.1 Å². The van der Waals surface area contributed by atoms with Crippen LogP contribution in [0.25, 0.3) is 5.82 Å². The van der Waals surface area contributed by atoms with Gasteiger partial charge in [0.25, 0.3) is 5.69 Å². The van der Waals surface area contributed by atoms with Gasteiger partial charge in [-0.1, -0.05) is 6.07 Å². The number of nitro benzene ring substituents is 1. The summed E-state index contributed by atoms with van der Waals surface area (Å²) in [6.07, 6.45) is 0. The average Bonchev–Trinajstić information content (AvgIpc) is 3.06. The van der Waals surface area contributed by atoms with Crippen molar-refractivity contribution in [3.05, 3.63) is 63.5 Å². The van der Waals surface area contributed by atoms with Crippen LogP contribution in [0.2, 0.25) is 0 Å². The Hall–Kier alpha value is -3.38. The van der Waals surface area contributed by atoms with Crippen molar-refractivity contribution in [2.75, 3.05) is 31.1 Å². The van der Waals surface area contributed by atoms with E-state index in [1.165, 1.54) is 22.5 Å². The SMILES string of the molecule is Cc1nn(-c2ccc(N3CCN(S(=O)(=O)c4cccc([N+](=O)[O-])c4)CC3)nn2)c(C)c1C. The molecule has 32 heavy (non-hydrogen) atoms. The summed E-state index contributed by atoms with van der Waals surface area (Å²) < 4.78 is 28.9. The minimum Gasteiger partial charge on any atom is -0.352 e. The van der Waals surface area contributed by atoms with E-state index in [2.05, 4.69) is 15.3 Å². The van der Waals surface area contributed by atoms with E-state index in [-0.39, 0.29) is 23.7 Å². The monoisotopic (exact) mass is 457 g/mol. The Labute approximate surface area is 185 Å². The lowest BCUT2D eigenvalue weighted by Gasteiger charge is -2.34. The van der Waals surface area contributed by atoms with Crippen molar-refractivity contribution in [1.29, 1.82) is 0 Å². The van der Waals surface area contributed by atoms with E-state index in [1.54, 1.807) is 4.68 Å². The van der Waals surface area contributed by atoms with E-state index in [0.29, 0.717) is 24.7 Å². The lowest BCUT2D eigenvalue weighted by Crippen LogP contribution is -2.49. The van der Waals surface area contributed by atoms with Crippen LogP contribution in [0.4, 0.5) is 11.5 Å². The zero-order chi connectivity index (χ0) is 23.0. The maximum absolute atomic E-state index is 12.9. The third-order valence-electron chi connectivity index (χ3n) is 5.74. The normalized spacial score (nSPS) is 15.2. The van der Waals surface area contributed by atoms with Gasteiger partial charge in [-0.05, 0) is 44.5 Å². The Morgan fingerprint density at radius 1 is 0.969 bits per heavy atom. The molecule has 1 fully saturated rings. The lowest BCUT2D eigenvalue weighted by molar-refractivity contribution is -0.385. The second-order valence-corrected chi connectivity index (χ2v) is 9.54. The molecule has 0 spiro atoms. The largest absolute Gasteiger partial charge is 0.352 e. The molecule has 1 aliphatic heterocycles. The Bertz CT molecular complexity index is 1260. The predicted octanol–water partition coefficient (Wildman–Crippen LogP) is 2.01. The first kappa shape index (κ1) is 21.8. The highest BCUT2D eigenvalue weighted by Gasteiger charge is 2.30. The second-order valence-electron chi connectivity index (χ2n) is 7.60. The number of nitro groups is 1. The molecule has 3 heterocycles. The summed E-state index contributed by atoms with van der Waals surface area (Å²) in [5.74, 6) is 1.27. The Morgan fingerprint density at radius 2 is 1.62 bits per heavy atom. The van der Waals surface area contributed by atoms with Crippen LogP contribution in [-0.4, -0.2) is 63.8 Å². The van der Waals surface area contributed by atoms with Crippen LogP contribution in [0.15, 0.2) is 41.3 Å². The third-order valence-corrected chi connectivity index (χ3v) is 7.63. The molecule has 0 atom stereocenters. The van der Waals surface area contributed by atoms with Crippen molar-refractivity contribution in [3.63, 3.8) is 0 Å². The first-order valence-electron chi connectivity index (χ1n) is 10.0. The van der Waals surface area contributed by atoms with E-state index >= 15 is 0 Å². The molecule has 0 bridgehead atoms. The van der Waals surface area contributed by atoms with Crippen LogP contribution in [0.5, 0.6) is 0 Å². The Morgan fingerprint density at radius 3 is 2.19 bits per heavy atom. The van der Waals surface area contributed by atoms with Crippen molar-refractivity contribution in [1.82, 2.24) is 24.3 Å². The molecule has 1 aromatic carbocycles. The maximum Gasteiger partial charge on any atom is 0.270 e. The molecule has 0 radical (unpaired) electrons. The molecule has 168 valence electrons. The summed E-state index contributed by atoms with van der Waals surface area (Å²) in [7, 11) is -3.82. The van der Waals surface area contributed by atoms with Crippen LogP contribution in [0, 0.1) is 30.9 Å². The predicted molar refractivity (Wildman–Crippen MR) is 117 cm³/mol. The van der Waals surface area contributed by atoms with Crippen LogP contribution in [-0.2, 0) is 10.0 Å². The second kappa shape index (κ2) is 8.28. The van der Waals surface area contributed by atoms with Crippen LogP contribution in [0.1, 0.15) is 17.0 Å². The minimum atomic E-state index is -3.82. The topological polar surface area (TPSA) is 127 Å². The standard InChI is InChI=1S/C20H23N7O4S/c1-14-15(2)23-26(16(14)3)20-8-7-19(21-22-20)24-9-11-25(12-10-24)32(30,31)18-6-4-5-17(13-18)27(28)29/h4-8,13H,9-12H2,1-3H3. The highest BCUT2D eigenvalue weighted by Crippen LogP contribution is 2.23. The van der Waals surface area contributed by atoms with Gasteiger partial charge >= 0.3 is 0 Å². The van der Waals surface area contributed by atoms with Crippen LogP contribution >= 0.6 is 0 Å². The highest BCUT2D eigenvalue weighted by atomic mass is 32.2. The molecular weight excluding hydrogens is 434 g/mol. The summed E-state index contributed by atoms with van der Waals surface area (Å²) in [6.45, 7) is 7.28. The average molecular weight is 458 g/mol. The molecule has 3 aromatic rings. The van der Waals surface area contributed by atoms with E-state index in [1.807, 2.05) is 37.8 Å². The van der Waals surface area contributed by atoms with Crippen molar-refractivity contribution < 1.29 is 13.3 Å². The van der Waals surface area contributed by atoms with Gasteiger partial charge in [0, 0.05) is 44.0 Å². The fourth-order valence-electron chi connectivity index (χ4n) is 3.61. The van der Waals surface area contributed by atoms with Gasteiger partial charge in [0.15, 0.2) is 11.6 Å². The highest BCUT2D eigenvalue weighted by molar-refractivity contribution is 7.89. The van der Waals surface area contributed by atoms with Gasteiger partial charge in [0.2, 0.25) is 10.0 Å². The van der Waals surface area contributed by atoms with E-state index in [0.717, 1.165) is 23.0 Å². The molecule has 0 saturated carbocycles. The van der Waals surface area contributed by atoms with Crippen molar-refractivity contribution in [2.24, 2.45) is 0 Å². The number of rotatable bonds is 5. The third kappa shape index (κ3) is 3.94. The summed E-state index contributed by atoms with van der Waals surface area (Å²) in [4.78, 5) is 12.3. The van der Waals surface area contributed by atoms with Gasteiger partial charge < -0.3 is 4.90 Å². The van der Waals surface area contributed by atoms with E-state index < -0.39 is 14.9 Å². The number of anilines is 1. The smallest absolute Gasteiger partial charge is 0.270 e. The van der Waals surface area contributed by atoms with Crippen molar-refractivity contribution in [3.8, 4) is 5.82 Å². The number of benzene rings is 1. The van der Waals surface area contributed by atoms with Gasteiger partial charge in [-0.25, -0.2) is 13.1 Å². The first-order chi connectivity index (χ1) is 15.2. The molecule has 1 aliphatic rings. The molecule has 0 aliphatic carbocycles. The fraction of sp³-hybridized carbons (Fsp3) is 0.350. The molecule has 4 rings (SSSR count). The van der Waals surface area contributed by atoms with Gasteiger partial charge in [-0.2, -0.15) is 9.40 Å². The van der Waals surface area contributed by atoms with Crippen molar-refractivity contribution in [2.45, 2.75) is 25.7 Å². The number of piperazine rings is 1. The minimum absolute atomic E-state index is 0.0792. The molecule has 0 amide bonds. The number of sulfonamides is 1. The quantitative estimate of drug-likeness (QED) is 0.420. The zero-order valence-corrected chi connectivity index (χ0v) is 18.8. The Kier molecular flexibility index (Phi) is 5.65. The van der Waals surface area contributed by atoms with Gasteiger partial charge in [0.05, 0.1) is 15.5 Å².